The second-order valence-corrected chi connectivity index (χ2v) is 6.13. The van der Waals surface area contributed by atoms with Gasteiger partial charge >= 0.3 is 0 Å². The van der Waals surface area contributed by atoms with E-state index in [0.717, 1.165) is 13.1 Å². The van der Waals surface area contributed by atoms with Gasteiger partial charge in [0.05, 0.1) is 0 Å². The lowest BCUT2D eigenvalue weighted by atomic mass is 9.93. The smallest absolute Gasteiger partial charge is 0.0361 e. The van der Waals surface area contributed by atoms with Crippen molar-refractivity contribution in [3.05, 3.63) is 71.3 Å². The zero-order chi connectivity index (χ0) is 14.1. The second kappa shape index (κ2) is 5.63. The molecule has 1 N–H and O–H groups in total. The molecule has 2 unspecified atom stereocenters. The van der Waals surface area contributed by atoms with Gasteiger partial charge in [-0.2, -0.15) is 0 Å². The van der Waals surface area contributed by atoms with Crippen LogP contribution in [0.4, 0.5) is 0 Å². The Hall–Kier alpha value is -1.64. The van der Waals surface area contributed by atoms with Gasteiger partial charge in [0, 0.05) is 38.1 Å². The van der Waals surface area contributed by atoms with E-state index >= 15 is 0 Å². The molecular formula is C19H22N2. The maximum absolute atomic E-state index is 3.46. The molecule has 21 heavy (non-hydrogen) atoms. The Bertz CT molecular complexity index is 602. The lowest BCUT2D eigenvalue weighted by Gasteiger charge is -2.33. The Balaban J connectivity index is 1.69. The van der Waals surface area contributed by atoms with Gasteiger partial charge in [0.2, 0.25) is 0 Å². The molecule has 0 aromatic heterocycles. The van der Waals surface area contributed by atoms with Gasteiger partial charge in [0.25, 0.3) is 0 Å². The van der Waals surface area contributed by atoms with Crippen molar-refractivity contribution in [3.8, 4) is 0 Å². The largest absolute Gasteiger partial charge is 0.314 e. The van der Waals surface area contributed by atoms with Gasteiger partial charge in [0.1, 0.15) is 0 Å². The molecule has 1 aliphatic heterocycles. The molecule has 0 saturated carbocycles. The molecule has 2 aromatic carbocycles. The van der Waals surface area contributed by atoms with Crippen LogP contribution in [-0.4, -0.2) is 31.1 Å². The van der Waals surface area contributed by atoms with Gasteiger partial charge in [-0.15, -0.1) is 0 Å². The van der Waals surface area contributed by atoms with E-state index in [1.165, 1.54) is 30.6 Å². The third-order valence-corrected chi connectivity index (χ3v) is 4.98. The Morgan fingerprint density at radius 3 is 2.24 bits per heavy atom. The summed E-state index contributed by atoms with van der Waals surface area (Å²) in [5.41, 5.74) is 4.54. The van der Waals surface area contributed by atoms with E-state index in [1.807, 2.05) is 0 Å². The van der Waals surface area contributed by atoms with Gasteiger partial charge in [-0.3, -0.25) is 4.90 Å². The summed E-state index contributed by atoms with van der Waals surface area (Å²) in [5, 5.41) is 3.46. The van der Waals surface area contributed by atoms with Crippen LogP contribution in [0.2, 0.25) is 0 Å². The summed E-state index contributed by atoms with van der Waals surface area (Å²) in [5.74, 6) is 0.558. The van der Waals surface area contributed by atoms with Crippen molar-refractivity contribution in [2.75, 3.05) is 26.2 Å². The molecule has 2 nitrogen and oxygen atoms in total. The molecule has 0 spiro atoms. The molecule has 4 rings (SSSR count). The third kappa shape index (κ3) is 2.39. The molecule has 0 bridgehead atoms. The Labute approximate surface area is 126 Å². The van der Waals surface area contributed by atoms with E-state index in [2.05, 4.69) is 64.8 Å². The zero-order valence-corrected chi connectivity index (χ0v) is 12.3. The van der Waals surface area contributed by atoms with Crippen LogP contribution in [0.1, 0.15) is 35.1 Å². The minimum atomic E-state index is 0.558. The van der Waals surface area contributed by atoms with Crippen LogP contribution in [0.3, 0.4) is 0 Å². The molecule has 2 aliphatic rings. The van der Waals surface area contributed by atoms with E-state index in [4.69, 9.17) is 0 Å². The molecule has 0 amide bonds. The molecule has 2 atom stereocenters. The molecule has 2 aromatic rings. The Morgan fingerprint density at radius 1 is 0.810 bits per heavy atom. The fourth-order valence-electron chi connectivity index (χ4n) is 3.95. The average Bonchev–Trinajstić information content (AvgIpc) is 2.96. The van der Waals surface area contributed by atoms with Crippen LogP contribution in [0.5, 0.6) is 0 Å². The van der Waals surface area contributed by atoms with Crippen LogP contribution < -0.4 is 5.32 Å². The molecule has 2 heteroatoms. The molecule has 1 aliphatic carbocycles. The first kappa shape index (κ1) is 13.1. The first-order chi connectivity index (χ1) is 10.4. The highest BCUT2D eigenvalue weighted by Gasteiger charge is 2.35. The summed E-state index contributed by atoms with van der Waals surface area (Å²) in [6.07, 6.45) is 1.23. The minimum absolute atomic E-state index is 0.558. The van der Waals surface area contributed by atoms with Crippen molar-refractivity contribution in [3.63, 3.8) is 0 Å². The van der Waals surface area contributed by atoms with Crippen LogP contribution >= 0.6 is 0 Å². The molecular weight excluding hydrogens is 256 g/mol. The van der Waals surface area contributed by atoms with E-state index in [1.54, 1.807) is 5.56 Å². The van der Waals surface area contributed by atoms with Gasteiger partial charge in [-0.1, -0.05) is 54.6 Å². The number of piperazine rings is 1. The maximum atomic E-state index is 3.46. The quantitative estimate of drug-likeness (QED) is 0.907. The Kier molecular flexibility index (Phi) is 3.50. The van der Waals surface area contributed by atoms with Crippen LogP contribution in [-0.2, 0) is 0 Å². The van der Waals surface area contributed by atoms with E-state index < -0.39 is 0 Å². The number of hydrogen-bond donors (Lipinski definition) is 1. The van der Waals surface area contributed by atoms with Crippen LogP contribution in [0, 0.1) is 0 Å². The predicted octanol–water partition coefficient (Wildman–Crippen LogP) is 3.17. The van der Waals surface area contributed by atoms with Crippen molar-refractivity contribution in [2.45, 2.75) is 18.4 Å². The molecule has 1 heterocycles. The van der Waals surface area contributed by atoms with Gasteiger partial charge in [-0.25, -0.2) is 0 Å². The lowest BCUT2D eigenvalue weighted by molar-refractivity contribution is 0.171. The highest BCUT2D eigenvalue weighted by Crippen LogP contribution is 2.46. The van der Waals surface area contributed by atoms with Crippen molar-refractivity contribution in [1.82, 2.24) is 10.2 Å². The summed E-state index contributed by atoms with van der Waals surface area (Å²) in [6, 6.07) is 20.6. The van der Waals surface area contributed by atoms with E-state index in [0.29, 0.717) is 12.0 Å². The number of nitrogens with zero attached hydrogens (tertiary/aromatic N) is 1. The average molecular weight is 278 g/mol. The number of benzene rings is 2. The fraction of sp³-hybridized carbons (Fsp3) is 0.368. The van der Waals surface area contributed by atoms with Crippen molar-refractivity contribution in [2.24, 2.45) is 0 Å². The van der Waals surface area contributed by atoms with Crippen molar-refractivity contribution in [1.29, 1.82) is 0 Å². The summed E-state index contributed by atoms with van der Waals surface area (Å²) in [6.45, 7) is 4.57. The first-order valence-corrected chi connectivity index (χ1v) is 8.02. The number of rotatable bonds is 2. The van der Waals surface area contributed by atoms with Crippen LogP contribution in [0.15, 0.2) is 54.6 Å². The summed E-state index contributed by atoms with van der Waals surface area (Å²) in [7, 11) is 0. The highest BCUT2D eigenvalue weighted by molar-refractivity contribution is 5.44. The third-order valence-electron chi connectivity index (χ3n) is 4.98. The van der Waals surface area contributed by atoms with Crippen LogP contribution in [0.25, 0.3) is 0 Å². The number of fused-ring (bicyclic) bond motifs is 1. The second-order valence-electron chi connectivity index (χ2n) is 6.13. The maximum Gasteiger partial charge on any atom is 0.0361 e. The number of nitrogens with one attached hydrogen (secondary N) is 1. The highest BCUT2D eigenvalue weighted by atomic mass is 15.2. The standard InChI is InChI=1S/C19H22N2/c1-2-6-15(7-3-1)18-14-19(21-12-10-20-11-13-21)17-9-5-4-8-16(17)18/h1-9,18-20H,10-14H2. The molecule has 1 fully saturated rings. The predicted molar refractivity (Wildman–Crippen MR) is 86.5 cm³/mol. The fourth-order valence-corrected chi connectivity index (χ4v) is 3.95. The molecule has 108 valence electrons. The molecule has 1 saturated heterocycles. The van der Waals surface area contributed by atoms with Crippen molar-refractivity contribution >= 4 is 0 Å². The first-order valence-electron chi connectivity index (χ1n) is 8.02. The van der Waals surface area contributed by atoms with Gasteiger partial charge in [-0.05, 0) is 23.1 Å². The normalized spacial score (nSPS) is 25.7. The minimum Gasteiger partial charge on any atom is -0.314 e. The topological polar surface area (TPSA) is 15.3 Å². The zero-order valence-electron chi connectivity index (χ0n) is 12.3. The van der Waals surface area contributed by atoms with E-state index in [-0.39, 0.29) is 0 Å². The molecule has 0 radical (unpaired) electrons. The lowest BCUT2D eigenvalue weighted by Crippen LogP contribution is -2.44. The SMILES string of the molecule is c1ccc(C2CC(N3CCNCC3)c3ccccc32)cc1. The number of hydrogen-bond acceptors (Lipinski definition) is 2. The summed E-state index contributed by atoms with van der Waals surface area (Å²) in [4.78, 5) is 2.66. The monoisotopic (exact) mass is 278 g/mol. The van der Waals surface area contributed by atoms with E-state index in [9.17, 15) is 0 Å². The Morgan fingerprint density at radius 2 is 1.48 bits per heavy atom. The van der Waals surface area contributed by atoms with Crippen molar-refractivity contribution < 1.29 is 0 Å². The van der Waals surface area contributed by atoms with Gasteiger partial charge in [0.15, 0.2) is 0 Å². The van der Waals surface area contributed by atoms with Gasteiger partial charge < -0.3 is 5.32 Å². The summed E-state index contributed by atoms with van der Waals surface area (Å²) < 4.78 is 0. The summed E-state index contributed by atoms with van der Waals surface area (Å²) >= 11 is 0.